The maximum atomic E-state index is 10.8. The van der Waals surface area contributed by atoms with E-state index in [9.17, 15) is 14.9 Å². The Morgan fingerprint density at radius 2 is 2.28 bits per heavy atom. The van der Waals surface area contributed by atoms with E-state index in [1.165, 1.54) is 6.07 Å². The lowest BCUT2D eigenvalue weighted by molar-refractivity contribution is -0.384. The normalized spacial score (nSPS) is 10.1. The molecule has 0 aliphatic carbocycles. The molecule has 7 nitrogen and oxygen atoms in total. The number of amides is 1. The second-order valence-electron chi connectivity index (χ2n) is 3.36. The summed E-state index contributed by atoms with van der Waals surface area (Å²) in [4.78, 5) is 20.7. The first-order valence-corrected chi connectivity index (χ1v) is 5.84. The molecule has 0 fully saturated rings. The van der Waals surface area contributed by atoms with Crippen LogP contribution in [0.15, 0.2) is 22.7 Å². The molecule has 0 saturated heterocycles. The minimum Gasteiger partial charge on any atom is -0.377 e. The number of carbonyl (C=O) groups excluding carboxylic acids is 1. The number of benzene rings is 1. The molecule has 18 heavy (non-hydrogen) atoms. The van der Waals surface area contributed by atoms with Crippen LogP contribution >= 0.6 is 15.9 Å². The molecule has 0 saturated carbocycles. The van der Waals surface area contributed by atoms with Gasteiger partial charge in [-0.15, -0.1) is 0 Å². The number of nitro groups is 1. The molecule has 1 aromatic rings. The maximum Gasteiger partial charge on any atom is 0.292 e. The molecular formula is C10H12BrN3O4. The van der Waals surface area contributed by atoms with Crippen LogP contribution < -0.4 is 11.1 Å². The fraction of sp³-hybridized carbons (Fsp3) is 0.300. The van der Waals surface area contributed by atoms with Gasteiger partial charge in [0.25, 0.3) is 5.69 Å². The second kappa shape index (κ2) is 6.92. The van der Waals surface area contributed by atoms with E-state index < -0.39 is 10.8 Å². The number of nitro benzene ring substituents is 1. The zero-order chi connectivity index (χ0) is 13.5. The number of ether oxygens (including phenoxy) is 1. The van der Waals surface area contributed by atoms with E-state index in [1.807, 2.05) is 0 Å². The van der Waals surface area contributed by atoms with Gasteiger partial charge in [-0.3, -0.25) is 14.9 Å². The van der Waals surface area contributed by atoms with Crippen LogP contribution in [0.4, 0.5) is 11.4 Å². The van der Waals surface area contributed by atoms with Gasteiger partial charge in [0.2, 0.25) is 5.91 Å². The van der Waals surface area contributed by atoms with E-state index in [0.29, 0.717) is 12.2 Å². The van der Waals surface area contributed by atoms with Gasteiger partial charge in [0, 0.05) is 17.1 Å². The highest BCUT2D eigenvalue weighted by Crippen LogP contribution is 2.27. The molecule has 1 rings (SSSR count). The molecule has 0 heterocycles. The van der Waals surface area contributed by atoms with E-state index in [0.717, 1.165) is 4.47 Å². The number of halogens is 1. The average molecular weight is 318 g/mol. The summed E-state index contributed by atoms with van der Waals surface area (Å²) < 4.78 is 5.66. The standard InChI is InChI=1S/C10H12BrN3O4/c11-7-1-2-9(14(16)17)8(5-7)13-3-4-18-6-10(12)15/h1-2,5,13H,3-4,6H2,(H2,12,15). The Hall–Kier alpha value is -1.67. The largest absolute Gasteiger partial charge is 0.377 e. The second-order valence-corrected chi connectivity index (χ2v) is 4.28. The number of anilines is 1. The van der Waals surface area contributed by atoms with Crippen molar-refractivity contribution >= 4 is 33.2 Å². The van der Waals surface area contributed by atoms with Gasteiger partial charge in [-0.25, -0.2) is 0 Å². The van der Waals surface area contributed by atoms with Gasteiger partial charge in [-0.1, -0.05) is 15.9 Å². The van der Waals surface area contributed by atoms with Crippen molar-refractivity contribution in [3.8, 4) is 0 Å². The first-order valence-electron chi connectivity index (χ1n) is 5.04. The zero-order valence-corrected chi connectivity index (χ0v) is 11.0. The van der Waals surface area contributed by atoms with Crippen LogP contribution in [0.3, 0.4) is 0 Å². The first-order chi connectivity index (χ1) is 8.50. The topological polar surface area (TPSA) is 107 Å². The number of hydrogen-bond donors (Lipinski definition) is 2. The third-order valence-electron chi connectivity index (χ3n) is 1.96. The highest BCUT2D eigenvalue weighted by Gasteiger charge is 2.12. The minimum atomic E-state index is -0.552. The number of nitrogens with one attached hydrogen (secondary N) is 1. The molecule has 0 aromatic heterocycles. The fourth-order valence-corrected chi connectivity index (χ4v) is 1.60. The van der Waals surface area contributed by atoms with E-state index in [2.05, 4.69) is 21.2 Å². The van der Waals surface area contributed by atoms with E-state index in [1.54, 1.807) is 12.1 Å². The Kier molecular flexibility index (Phi) is 5.53. The van der Waals surface area contributed by atoms with E-state index >= 15 is 0 Å². The lowest BCUT2D eigenvalue weighted by Gasteiger charge is -2.07. The number of rotatable bonds is 7. The van der Waals surface area contributed by atoms with Crippen LogP contribution in [0.1, 0.15) is 0 Å². The Morgan fingerprint density at radius 3 is 2.89 bits per heavy atom. The summed E-state index contributed by atoms with van der Waals surface area (Å²) in [5, 5.41) is 13.6. The molecule has 0 radical (unpaired) electrons. The summed E-state index contributed by atoms with van der Waals surface area (Å²) in [6.45, 7) is 0.402. The van der Waals surface area contributed by atoms with Gasteiger partial charge < -0.3 is 15.8 Å². The summed E-state index contributed by atoms with van der Waals surface area (Å²) in [7, 11) is 0. The molecule has 1 amide bonds. The molecule has 0 bridgehead atoms. The van der Waals surface area contributed by atoms with Crippen LogP contribution in [0, 0.1) is 10.1 Å². The van der Waals surface area contributed by atoms with Crippen LogP contribution in [0.5, 0.6) is 0 Å². The van der Waals surface area contributed by atoms with Gasteiger partial charge in [0.05, 0.1) is 11.5 Å². The van der Waals surface area contributed by atoms with Crippen molar-refractivity contribution in [3.63, 3.8) is 0 Å². The molecule has 0 unspecified atom stereocenters. The van der Waals surface area contributed by atoms with Crippen molar-refractivity contribution in [1.29, 1.82) is 0 Å². The van der Waals surface area contributed by atoms with Gasteiger partial charge in [-0.05, 0) is 12.1 Å². The molecule has 0 spiro atoms. The highest BCUT2D eigenvalue weighted by molar-refractivity contribution is 9.10. The molecule has 1 aromatic carbocycles. The third kappa shape index (κ3) is 4.68. The third-order valence-corrected chi connectivity index (χ3v) is 2.45. The van der Waals surface area contributed by atoms with Gasteiger partial charge >= 0.3 is 0 Å². The quantitative estimate of drug-likeness (QED) is 0.447. The SMILES string of the molecule is NC(=O)COCCNc1cc(Br)ccc1[N+](=O)[O-]. The summed E-state index contributed by atoms with van der Waals surface area (Å²) in [6, 6.07) is 4.59. The summed E-state index contributed by atoms with van der Waals surface area (Å²) >= 11 is 3.23. The van der Waals surface area contributed by atoms with Crippen LogP contribution in [-0.2, 0) is 9.53 Å². The Balaban J connectivity index is 2.53. The molecule has 98 valence electrons. The number of carbonyl (C=O) groups is 1. The lowest BCUT2D eigenvalue weighted by Crippen LogP contribution is -2.20. The minimum absolute atomic E-state index is 0.0203. The zero-order valence-electron chi connectivity index (χ0n) is 9.39. The van der Waals surface area contributed by atoms with E-state index in [-0.39, 0.29) is 18.9 Å². The maximum absolute atomic E-state index is 10.8. The smallest absolute Gasteiger partial charge is 0.292 e. The van der Waals surface area contributed by atoms with E-state index in [4.69, 9.17) is 10.5 Å². The predicted octanol–water partition coefficient (Wildman–Crippen LogP) is 1.27. The summed E-state index contributed by atoms with van der Waals surface area (Å²) in [6.07, 6.45) is 0. The van der Waals surface area contributed by atoms with Crippen molar-refractivity contribution in [1.82, 2.24) is 0 Å². The van der Waals surface area contributed by atoms with Gasteiger partial charge in [0.15, 0.2) is 0 Å². The van der Waals surface area contributed by atoms with Crippen molar-refractivity contribution in [2.75, 3.05) is 25.1 Å². The number of nitrogens with two attached hydrogens (primary N) is 1. The molecule has 3 N–H and O–H groups in total. The predicted molar refractivity (Wildman–Crippen MR) is 69.3 cm³/mol. The van der Waals surface area contributed by atoms with Gasteiger partial charge in [0.1, 0.15) is 12.3 Å². The number of primary amides is 1. The van der Waals surface area contributed by atoms with Crippen molar-refractivity contribution in [2.45, 2.75) is 0 Å². The number of hydrogen-bond acceptors (Lipinski definition) is 5. The number of nitrogens with zero attached hydrogens (tertiary/aromatic N) is 1. The van der Waals surface area contributed by atoms with Crippen molar-refractivity contribution in [3.05, 3.63) is 32.8 Å². The average Bonchev–Trinajstić information content (AvgIpc) is 2.27. The molecular weight excluding hydrogens is 306 g/mol. The fourth-order valence-electron chi connectivity index (χ4n) is 1.24. The molecule has 0 aliphatic heterocycles. The van der Waals surface area contributed by atoms with Crippen molar-refractivity contribution < 1.29 is 14.5 Å². The lowest BCUT2D eigenvalue weighted by atomic mass is 10.2. The molecule has 8 heteroatoms. The van der Waals surface area contributed by atoms with Crippen LogP contribution in [0.2, 0.25) is 0 Å². The Bertz CT molecular complexity index is 453. The Labute approximate surface area is 112 Å². The Morgan fingerprint density at radius 1 is 1.56 bits per heavy atom. The van der Waals surface area contributed by atoms with Crippen LogP contribution in [-0.4, -0.2) is 30.6 Å². The van der Waals surface area contributed by atoms with Crippen molar-refractivity contribution in [2.24, 2.45) is 5.73 Å². The first kappa shape index (κ1) is 14.4. The molecule has 0 atom stereocenters. The molecule has 0 aliphatic rings. The summed E-state index contributed by atoms with van der Waals surface area (Å²) in [5.74, 6) is -0.552. The monoisotopic (exact) mass is 317 g/mol. The van der Waals surface area contributed by atoms with Crippen LogP contribution in [0.25, 0.3) is 0 Å². The summed E-state index contributed by atoms with van der Waals surface area (Å²) in [5.41, 5.74) is 5.26. The van der Waals surface area contributed by atoms with Gasteiger partial charge in [-0.2, -0.15) is 0 Å². The highest BCUT2D eigenvalue weighted by atomic mass is 79.9.